The maximum Gasteiger partial charge on any atom is 0.255 e. The number of nitrogens with zero attached hydrogens (tertiary/aromatic N) is 1. The molecule has 0 radical (unpaired) electrons. The van der Waals surface area contributed by atoms with Crippen molar-refractivity contribution in [3.8, 4) is 16.9 Å². The van der Waals surface area contributed by atoms with E-state index in [0.29, 0.717) is 18.7 Å². The first-order valence-corrected chi connectivity index (χ1v) is 14.8. The molecule has 10 nitrogen and oxygen atoms in total. The molecule has 1 amide bonds. The van der Waals surface area contributed by atoms with Gasteiger partial charge in [-0.15, -0.1) is 0 Å². The van der Waals surface area contributed by atoms with Crippen molar-refractivity contribution < 1.29 is 34.8 Å². The molecule has 232 valence electrons. The van der Waals surface area contributed by atoms with Gasteiger partial charge in [0.05, 0.1) is 11.6 Å². The fourth-order valence-corrected chi connectivity index (χ4v) is 7.31. The molecule has 0 unspecified atom stereocenters. The number of phenolic OH excluding ortho intramolecular Hbond substituents is 1. The summed E-state index contributed by atoms with van der Waals surface area (Å²) in [5.41, 5.74) is 6.22. The molecule has 3 aliphatic rings. The molecule has 3 aromatic carbocycles. The number of aliphatic hydroxyl groups excluding tert-OH is 2. The van der Waals surface area contributed by atoms with E-state index in [1.807, 2.05) is 42.5 Å². The smallest absolute Gasteiger partial charge is 0.255 e. The lowest BCUT2D eigenvalue weighted by Gasteiger charge is -2.50. The highest BCUT2D eigenvalue weighted by atomic mass is 16.3. The van der Waals surface area contributed by atoms with Crippen LogP contribution in [0.3, 0.4) is 0 Å². The molecule has 0 saturated heterocycles. The minimum Gasteiger partial charge on any atom is -0.508 e. The van der Waals surface area contributed by atoms with Crippen LogP contribution in [-0.4, -0.2) is 68.5 Å². The third-order valence-corrected chi connectivity index (χ3v) is 9.34. The van der Waals surface area contributed by atoms with E-state index in [-0.39, 0.29) is 29.7 Å². The molecule has 1 saturated carbocycles. The zero-order valence-corrected chi connectivity index (χ0v) is 24.9. The Morgan fingerprint density at radius 3 is 2.36 bits per heavy atom. The summed E-state index contributed by atoms with van der Waals surface area (Å²) in [5.74, 6) is -6.71. The number of benzene rings is 3. The molecule has 7 N–H and O–H groups in total. The van der Waals surface area contributed by atoms with Crippen LogP contribution >= 0.6 is 0 Å². The zero-order chi connectivity index (χ0) is 32.2. The van der Waals surface area contributed by atoms with Gasteiger partial charge in [-0.1, -0.05) is 54.6 Å². The molecule has 10 heteroatoms. The highest BCUT2D eigenvalue weighted by molar-refractivity contribution is 6.24. The summed E-state index contributed by atoms with van der Waals surface area (Å²) < 4.78 is 0. The van der Waals surface area contributed by atoms with Gasteiger partial charge in [-0.25, -0.2) is 0 Å². The Bertz CT molecular complexity index is 1800. The Kier molecular flexibility index (Phi) is 7.60. The van der Waals surface area contributed by atoms with Crippen LogP contribution in [0.5, 0.6) is 5.75 Å². The minimum absolute atomic E-state index is 0.0320. The van der Waals surface area contributed by atoms with Crippen LogP contribution in [0.4, 0.5) is 0 Å². The van der Waals surface area contributed by atoms with Crippen molar-refractivity contribution in [2.75, 3.05) is 14.1 Å². The van der Waals surface area contributed by atoms with Crippen molar-refractivity contribution in [2.24, 2.45) is 17.6 Å². The van der Waals surface area contributed by atoms with E-state index in [4.69, 9.17) is 5.73 Å². The SMILES string of the molecule is CN(C)[C@@H]1C(=O)C(C(N)=O)=C(O)[C@@]2(O)C(=O)C3=C(O)c4c(O)ccc(-c5cccc(CNCc6ccccc6)c5)c4C[C@H]3C[C@@H]12. The monoisotopic (exact) mass is 609 g/mol. The van der Waals surface area contributed by atoms with Crippen LogP contribution in [0.15, 0.2) is 83.6 Å². The lowest BCUT2D eigenvalue weighted by molar-refractivity contribution is -0.153. The van der Waals surface area contributed by atoms with Gasteiger partial charge in [-0.3, -0.25) is 19.3 Å². The summed E-state index contributed by atoms with van der Waals surface area (Å²) in [4.78, 5) is 41.1. The third-order valence-electron chi connectivity index (χ3n) is 9.34. The van der Waals surface area contributed by atoms with Crippen molar-refractivity contribution in [1.29, 1.82) is 0 Å². The second-order valence-electron chi connectivity index (χ2n) is 12.2. The number of fused-ring (bicyclic) bond motifs is 3. The van der Waals surface area contributed by atoms with Crippen molar-refractivity contribution in [2.45, 2.75) is 37.6 Å². The van der Waals surface area contributed by atoms with Crippen LogP contribution in [0.25, 0.3) is 16.9 Å². The molecular weight excluding hydrogens is 574 g/mol. The predicted octanol–water partition coefficient (Wildman–Crippen LogP) is 2.92. The number of aliphatic hydroxyl groups is 3. The van der Waals surface area contributed by atoms with Gasteiger partial charge >= 0.3 is 0 Å². The van der Waals surface area contributed by atoms with E-state index in [1.54, 1.807) is 20.2 Å². The summed E-state index contributed by atoms with van der Waals surface area (Å²) in [6.45, 7) is 1.31. The van der Waals surface area contributed by atoms with Gasteiger partial charge in [0.25, 0.3) is 5.91 Å². The highest BCUT2D eigenvalue weighted by Gasteiger charge is 2.64. The molecule has 6 rings (SSSR count). The lowest BCUT2D eigenvalue weighted by Crippen LogP contribution is -2.65. The van der Waals surface area contributed by atoms with Gasteiger partial charge in [-0.05, 0) is 72.8 Å². The number of likely N-dealkylation sites (N-methyl/N-ethyl adjacent to an activating group) is 1. The van der Waals surface area contributed by atoms with Crippen molar-refractivity contribution in [3.63, 3.8) is 0 Å². The molecule has 45 heavy (non-hydrogen) atoms. The van der Waals surface area contributed by atoms with E-state index >= 15 is 0 Å². The van der Waals surface area contributed by atoms with Gasteiger partial charge in [0.15, 0.2) is 11.4 Å². The molecule has 0 aliphatic heterocycles. The highest BCUT2D eigenvalue weighted by Crippen LogP contribution is 2.53. The van der Waals surface area contributed by atoms with Crippen LogP contribution < -0.4 is 11.1 Å². The maximum absolute atomic E-state index is 14.1. The van der Waals surface area contributed by atoms with Crippen LogP contribution in [0.1, 0.15) is 28.7 Å². The topological polar surface area (TPSA) is 173 Å². The van der Waals surface area contributed by atoms with Gasteiger partial charge in [0, 0.05) is 24.6 Å². The van der Waals surface area contributed by atoms with E-state index in [1.165, 1.54) is 16.5 Å². The fourth-order valence-electron chi connectivity index (χ4n) is 7.31. The van der Waals surface area contributed by atoms with Crippen molar-refractivity contribution >= 4 is 23.2 Å². The first-order valence-electron chi connectivity index (χ1n) is 14.8. The van der Waals surface area contributed by atoms with Gasteiger partial charge in [0.1, 0.15) is 22.8 Å². The number of ketones is 2. The number of aromatic hydroxyl groups is 1. The largest absolute Gasteiger partial charge is 0.508 e. The molecule has 3 aliphatic carbocycles. The molecule has 3 aromatic rings. The van der Waals surface area contributed by atoms with Crippen molar-refractivity contribution in [3.05, 3.63) is 106 Å². The molecule has 1 fully saturated rings. The first kappa shape index (κ1) is 30.3. The van der Waals surface area contributed by atoms with E-state index in [9.17, 15) is 34.8 Å². The number of phenols is 1. The number of carbonyl (C=O) groups excluding carboxylic acids is 3. The van der Waals surface area contributed by atoms with Crippen LogP contribution in [0.2, 0.25) is 0 Å². The predicted molar refractivity (Wildman–Crippen MR) is 167 cm³/mol. The summed E-state index contributed by atoms with van der Waals surface area (Å²) in [7, 11) is 3.15. The summed E-state index contributed by atoms with van der Waals surface area (Å²) >= 11 is 0. The third kappa shape index (κ3) is 4.82. The molecule has 0 heterocycles. The molecule has 4 atom stereocenters. The number of primary amides is 1. The quantitative estimate of drug-likeness (QED) is 0.220. The summed E-state index contributed by atoms with van der Waals surface area (Å²) in [5, 5.41) is 48.7. The molecule has 0 spiro atoms. The first-order chi connectivity index (χ1) is 21.4. The van der Waals surface area contributed by atoms with E-state index in [0.717, 1.165) is 16.7 Å². The normalized spacial score (nSPS) is 24.4. The number of nitrogens with two attached hydrogens (primary N) is 1. The number of hydrogen-bond acceptors (Lipinski definition) is 9. The number of Topliss-reactive ketones (excluding diaryl/α,β-unsaturated/α-hetero) is 2. The Balaban J connectivity index is 1.40. The Labute approximate surface area is 260 Å². The fraction of sp³-hybridized carbons (Fsp3) is 0.286. The minimum atomic E-state index is -2.67. The second kappa shape index (κ2) is 11.3. The number of rotatable bonds is 7. The standard InChI is InChI=1S/C35H35N3O7/c1-38(2)29-24-15-21-14-23-22(20-10-6-9-19(13-20)17-37-16-18-7-4-3-5-8-18)11-12-25(39)27(23)30(40)26(21)32(42)35(24,45)33(43)28(31(29)41)34(36)44/h3-13,21,24,29,37,39-40,43,45H,14-17H2,1-2H3,(H2,36,44)/t21-,24-,29-,35-/m0/s1. The number of carbonyl (C=O) groups is 3. The van der Waals surface area contributed by atoms with Gasteiger partial charge < -0.3 is 31.5 Å². The Hall–Kier alpha value is -4.77. The number of hydrogen-bond donors (Lipinski definition) is 6. The summed E-state index contributed by atoms with van der Waals surface area (Å²) in [6, 6.07) is 20.0. The Morgan fingerprint density at radius 1 is 0.978 bits per heavy atom. The van der Waals surface area contributed by atoms with Crippen molar-refractivity contribution in [1.82, 2.24) is 10.2 Å². The van der Waals surface area contributed by atoms with Crippen LogP contribution in [-0.2, 0) is 33.9 Å². The maximum atomic E-state index is 14.1. The molecule has 0 aromatic heterocycles. The van der Waals surface area contributed by atoms with Crippen LogP contribution in [0, 0.1) is 11.8 Å². The zero-order valence-electron chi connectivity index (χ0n) is 24.9. The van der Waals surface area contributed by atoms with Gasteiger partial charge in [-0.2, -0.15) is 0 Å². The Morgan fingerprint density at radius 2 is 1.67 bits per heavy atom. The van der Waals surface area contributed by atoms with E-state index in [2.05, 4.69) is 17.4 Å². The second-order valence-corrected chi connectivity index (χ2v) is 12.2. The number of amides is 1. The molecular formula is C35H35N3O7. The van der Waals surface area contributed by atoms with Gasteiger partial charge in [0.2, 0.25) is 5.78 Å². The van der Waals surface area contributed by atoms with E-state index < -0.39 is 58.0 Å². The molecule has 0 bridgehead atoms. The average molecular weight is 610 g/mol. The average Bonchev–Trinajstić information content (AvgIpc) is 2.99. The lowest BCUT2D eigenvalue weighted by atomic mass is 9.57. The number of nitrogens with one attached hydrogen (secondary N) is 1. The summed E-state index contributed by atoms with van der Waals surface area (Å²) in [6.07, 6.45) is 0.249.